The summed E-state index contributed by atoms with van der Waals surface area (Å²) in [6.07, 6.45) is 2.61. The van der Waals surface area contributed by atoms with Crippen LogP contribution in [0.1, 0.15) is 36.6 Å². The molecule has 1 aliphatic heterocycles. The van der Waals surface area contributed by atoms with Crippen LogP contribution < -0.4 is 9.47 Å². The topological polar surface area (TPSA) is 38.8 Å². The minimum Gasteiger partial charge on any atom is -0.493 e. The van der Waals surface area contributed by atoms with Crippen molar-refractivity contribution >= 4 is 17.5 Å². The third-order valence-corrected chi connectivity index (χ3v) is 5.30. The zero-order chi connectivity index (χ0) is 19.6. The number of ether oxygens (including phenoxy) is 2. The van der Waals surface area contributed by atoms with Crippen molar-refractivity contribution in [2.75, 3.05) is 20.8 Å². The van der Waals surface area contributed by atoms with E-state index in [1.165, 1.54) is 0 Å². The van der Waals surface area contributed by atoms with Gasteiger partial charge in [-0.15, -0.1) is 0 Å². The van der Waals surface area contributed by atoms with Crippen molar-refractivity contribution < 1.29 is 14.3 Å². The molecule has 1 heterocycles. The molecule has 0 spiro atoms. The van der Waals surface area contributed by atoms with Crippen LogP contribution in [0.3, 0.4) is 0 Å². The van der Waals surface area contributed by atoms with E-state index in [0.29, 0.717) is 23.1 Å². The highest BCUT2D eigenvalue weighted by atomic mass is 35.5. The summed E-state index contributed by atoms with van der Waals surface area (Å²) >= 11 is 6.25. The zero-order valence-corrected chi connectivity index (χ0v) is 16.8. The number of nitrogens with zero attached hydrogens (tertiary/aromatic N) is 1. The second kappa shape index (κ2) is 8.05. The Balaban J connectivity index is 2.19. The van der Waals surface area contributed by atoms with Crippen molar-refractivity contribution in [2.24, 2.45) is 0 Å². The second-order valence-electron chi connectivity index (χ2n) is 6.58. The largest absolute Gasteiger partial charge is 0.493 e. The predicted octanol–water partition coefficient (Wildman–Crippen LogP) is 4.80. The molecule has 0 aromatic heterocycles. The van der Waals surface area contributed by atoms with Crippen LogP contribution >= 0.6 is 11.6 Å². The first-order valence-electron chi connectivity index (χ1n) is 8.94. The minimum absolute atomic E-state index is 0.0305. The van der Waals surface area contributed by atoms with Gasteiger partial charge in [-0.2, -0.15) is 0 Å². The fourth-order valence-corrected chi connectivity index (χ4v) is 3.75. The number of hydrogen-bond donors (Lipinski definition) is 0. The molecule has 0 radical (unpaired) electrons. The molecule has 2 aromatic carbocycles. The van der Waals surface area contributed by atoms with Crippen LogP contribution in [0.5, 0.6) is 11.5 Å². The zero-order valence-electron chi connectivity index (χ0n) is 16.1. The standard InChI is InChI=1S/C22H24ClNO3/c1-5-14(2)22(25)24-10-9-15-12-19(26-3)20(27-4)13-18(15)21(24)16-7-6-8-17(23)11-16/h5-8,11-13,21H,9-10H2,1-4H3/b14-5+/t21-/m1/s1. The Morgan fingerprint density at radius 3 is 2.52 bits per heavy atom. The molecule has 0 unspecified atom stereocenters. The summed E-state index contributed by atoms with van der Waals surface area (Å²) in [4.78, 5) is 15.0. The molecule has 4 nitrogen and oxygen atoms in total. The molecule has 27 heavy (non-hydrogen) atoms. The molecule has 1 atom stereocenters. The van der Waals surface area contributed by atoms with Crippen LogP contribution in [0.2, 0.25) is 5.02 Å². The molecular weight excluding hydrogens is 362 g/mol. The second-order valence-corrected chi connectivity index (χ2v) is 7.02. The molecule has 2 aromatic rings. The Kier molecular flexibility index (Phi) is 5.76. The lowest BCUT2D eigenvalue weighted by Crippen LogP contribution is -2.41. The highest BCUT2D eigenvalue weighted by molar-refractivity contribution is 6.30. The molecule has 5 heteroatoms. The SMILES string of the molecule is C/C=C(\C)C(=O)N1CCc2cc(OC)c(OC)cc2[C@H]1c1cccc(Cl)c1. The number of benzene rings is 2. The number of amides is 1. The fourth-order valence-electron chi connectivity index (χ4n) is 3.55. The average molecular weight is 386 g/mol. The number of carbonyl (C=O) groups is 1. The van der Waals surface area contributed by atoms with Gasteiger partial charge in [0.2, 0.25) is 5.91 Å². The molecule has 0 N–H and O–H groups in total. The van der Waals surface area contributed by atoms with Crippen molar-refractivity contribution in [3.63, 3.8) is 0 Å². The lowest BCUT2D eigenvalue weighted by atomic mass is 9.87. The van der Waals surface area contributed by atoms with Gasteiger partial charge in [-0.05, 0) is 61.2 Å². The van der Waals surface area contributed by atoms with Gasteiger partial charge in [0.25, 0.3) is 0 Å². The molecular formula is C22H24ClNO3. The number of hydrogen-bond acceptors (Lipinski definition) is 3. The molecule has 0 aliphatic carbocycles. The molecule has 0 saturated heterocycles. The van der Waals surface area contributed by atoms with E-state index in [-0.39, 0.29) is 11.9 Å². The van der Waals surface area contributed by atoms with Gasteiger partial charge in [0, 0.05) is 17.1 Å². The Morgan fingerprint density at radius 2 is 1.89 bits per heavy atom. The molecule has 142 valence electrons. The number of methoxy groups -OCH3 is 2. The lowest BCUT2D eigenvalue weighted by Gasteiger charge is -2.38. The van der Waals surface area contributed by atoms with Gasteiger partial charge in [-0.25, -0.2) is 0 Å². The van der Waals surface area contributed by atoms with Gasteiger partial charge >= 0.3 is 0 Å². The van der Waals surface area contributed by atoms with Gasteiger partial charge in [-0.1, -0.05) is 29.8 Å². The van der Waals surface area contributed by atoms with E-state index in [1.54, 1.807) is 14.2 Å². The third-order valence-electron chi connectivity index (χ3n) is 5.07. The number of halogens is 1. The summed E-state index contributed by atoms with van der Waals surface area (Å²) in [6.45, 7) is 4.36. The maximum absolute atomic E-state index is 13.1. The third kappa shape index (κ3) is 3.67. The van der Waals surface area contributed by atoms with E-state index < -0.39 is 0 Å². The maximum Gasteiger partial charge on any atom is 0.249 e. The number of fused-ring (bicyclic) bond motifs is 1. The summed E-state index contributed by atoms with van der Waals surface area (Å²) in [5.74, 6) is 1.38. The van der Waals surface area contributed by atoms with Crippen LogP contribution in [0.4, 0.5) is 0 Å². The molecule has 1 aliphatic rings. The van der Waals surface area contributed by atoms with Crippen molar-refractivity contribution in [3.05, 3.63) is 69.8 Å². The first-order valence-corrected chi connectivity index (χ1v) is 9.32. The average Bonchev–Trinajstić information content (AvgIpc) is 2.70. The molecule has 1 amide bonds. The summed E-state index contributed by atoms with van der Waals surface area (Å²) in [5, 5.41) is 0.648. The van der Waals surface area contributed by atoms with Crippen LogP contribution in [-0.4, -0.2) is 31.6 Å². The van der Waals surface area contributed by atoms with Gasteiger partial charge in [0.15, 0.2) is 11.5 Å². The number of carbonyl (C=O) groups excluding carboxylic acids is 1. The maximum atomic E-state index is 13.1. The van der Waals surface area contributed by atoms with E-state index in [4.69, 9.17) is 21.1 Å². The highest BCUT2D eigenvalue weighted by Crippen LogP contribution is 2.41. The van der Waals surface area contributed by atoms with Crippen LogP contribution in [0, 0.1) is 0 Å². The number of allylic oxidation sites excluding steroid dienone is 1. The van der Waals surface area contributed by atoms with Crippen molar-refractivity contribution in [2.45, 2.75) is 26.3 Å². The van der Waals surface area contributed by atoms with Crippen molar-refractivity contribution in [1.82, 2.24) is 4.90 Å². The van der Waals surface area contributed by atoms with Gasteiger partial charge in [0.1, 0.15) is 0 Å². The molecule has 0 bridgehead atoms. The summed E-state index contributed by atoms with van der Waals surface area (Å²) in [6, 6.07) is 11.4. The first-order chi connectivity index (χ1) is 13.0. The van der Waals surface area contributed by atoms with Crippen molar-refractivity contribution in [1.29, 1.82) is 0 Å². The smallest absolute Gasteiger partial charge is 0.249 e. The van der Waals surface area contributed by atoms with E-state index >= 15 is 0 Å². The number of rotatable bonds is 4. The normalized spacial score (nSPS) is 16.7. The van der Waals surface area contributed by atoms with Crippen LogP contribution in [0.25, 0.3) is 0 Å². The van der Waals surface area contributed by atoms with Crippen LogP contribution in [0.15, 0.2) is 48.0 Å². The fraction of sp³-hybridized carbons (Fsp3) is 0.318. The molecule has 0 fully saturated rings. The van der Waals surface area contributed by atoms with E-state index in [1.807, 2.05) is 61.2 Å². The van der Waals surface area contributed by atoms with Crippen LogP contribution in [-0.2, 0) is 11.2 Å². The Hall–Kier alpha value is -2.46. The Morgan fingerprint density at radius 1 is 1.19 bits per heavy atom. The van der Waals surface area contributed by atoms with Gasteiger partial charge < -0.3 is 14.4 Å². The van der Waals surface area contributed by atoms with E-state index in [9.17, 15) is 4.79 Å². The molecule has 3 rings (SSSR count). The Labute approximate surface area is 165 Å². The lowest BCUT2D eigenvalue weighted by molar-refractivity contribution is -0.129. The monoisotopic (exact) mass is 385 g/mol. The van der Waals surface area contributed by atoms with Crippen molar-refractivity contribution in [3.8, 4) is 11.5 Å². The highest BCUT2D eigenvalue weighted by Gasteiger charge is 2.33. The molecule has 0 saturated carbocycles. The van der Waals surface area contributed by atoms with E-state index in [2.05, 4.69) is 0 Å². The van der Waals surface area contributed by atoms with Gasteiger partial charge in [-0.3, -0.25) is 4.79 Å². The minimum atomic E-state index is -0.227. The summed E-state index contributed by atoms with van der Waals surface area (Å²) in [5.41, 5.74) is 3.90. The predicted molar refractivity (Wildman–Crippen MR) is 108 cm³/mol. The Bertz CT molecular complexity index is 891. The first kappa shape index (κ1) is 19.3. The summed E-state index contributed by atoms with van der Waals surface area (Å²) in [7, 11) is 3.25. The van der Waals surface area contributed by atoms with E-state index in [0.717, 1.165) is 28.7 Å². The quantitative estimate of drug-likeness (QED) is 0.710. The summed E-state index contributed by atoms with van der Waals surface area (Å²) < 4.78 is 11.0. The van der Waals surface area contributed by atoms with Gasteiger partial charge in [0.05, 0.1) is 20.3 Å².